The maximum Gasteiger partial charge on any atom is 0.256 e. The fraction of sp³-hybridized carbons (Fsp3) is 0.318. The summed E-state index contributed by atoms with van der Waals surface area (Å²) in [4.78, 5) is 39.2. The van der Waals surface area contributed by atoms with E-state index in [4.69, 9.17) is 0 Å². The largest absolute Gasteiger partial charge is 0.358 e. The Morgan fingerprint density at radius 2 is 1.93 bits per heavy atom. The van der Waals surface area contributed by atoms with E-state index in [1.165, 1.54) is 6.92 Å². The molecule has 2 aromatic rings. The Labute approximate surface area is 170 Å². The highest BCUT2D eigenvalue weighted by Gasteiger charge is 2.26. The Morgan fingerprint density at radius 1 is 1.17 bits per heavy atom. The molecule has 0 bridgehead atoms. The number of H-pyrrole nitrogens is 1. The summed E-state index contributed by atoms with van der Waals surface area (Å²) in [6.45, 7) is 8.18. The molecule has 3 rings (SSSR count). The Kier molecular flexibility index (Phi) is 5.87. The van der Waals surface area contributed by atoms with Crippen molar-refractivity contribution in [3.63, 3.8) is 0 Å². The summed E-state index contributed by atoms with van der Waals surface area (Å²) in [5, 5.41) is 8.48. The van der Waals surface area contributed by atoms with Crippen molar-refractivity contribution < 1.29 is 14.4 Å². The van der Waals surface area contributed by atoms with Gasteiger partial charge in [-0.1, -0.05) is 6.07 Å². The lowest BCUT2D eigenvalue weighted by molar-refractivity contribution is -0.119. The number of aromatic amines is 1. The first-order valence-electron chi connectivity index (χ1n) is 9.70. The van der Waals surface area contributed by atoms with Gasteiger partial charge in [-0.05, 0) is 56.5 Å². The summed E-state index contributed by atoms with van der Waals surface area (Å²) in [6.07, 6.45) is 2.47. The zero-order valence-electron chi connectivity index (χ0n) is 17.2. The maximum atomic E-state index is 12.6. The molecular formula is C22H26N4O3. The SMILES string of the molecule is CCNC(=O)c1c(C)[nH]c(/C=C2\C(=O)Nc3ccc(CCNC(C)=O)cc32)c1C. The van der Waals surface area contributed by atoms with E-state index in [0.717, 1.165) is 33.8 Å². The van der Waals surface area contributed by atoms with Crippen LogP contribution in [0.15, 0.2) is 18.2 Å². The first-order chi connectivity index (χ1) is 13.8. The van der Waals surface area contributed by atoms with Crippen LogP contribution in [-0.2, 0) is 16.0 Å². The van der Waals surface area contributed by atoms with E-state index >= 15 is 0 Å². The molecule has 0 saturated heterocycles. The zero-order chi connectivity index (χ0) is 21.1. The summed E-state index contributed by atoms with van der Waals surface area (Å²) in [5.41, 5.74) is 6.09. The fourth-order valence-corrected chi connectivity index (χ4v) is 3.57. The third-order valence-electron chi connectivity index (χ3n) is 4.98. The lowest BCUT2D eigenvalue weighted by Crippen LogP contribution is -2.23. The van der Waals surface area contributed by atoms with Crippen molar-refractivity contribution in [2.45, 2.75) is 34.1 Å². The Bertz CT molecular complexity index is 1020. The highest BCUT2D eigenvalue weighted by molar-refractivity contribution is 6.35. The molecular weight excluding hydrogens is 368 g/mol. The molecule has 1 aromatic carbocycles. The molecule has 4 N–H and O–H groups in total. The van der Waals surface area contributed by atoms with Crippen LogP contribution >= 0.6 is 0 Å². The summed E-state index contributed by atoms with van der Waals surface area (Å²) in [6, 6.07) is 5.79. The second kappa shape index (κ2) is 8.34. The molecule has 1 aromatic heterocycles. The van der Waals surface area contributed by atoms with Gasteiger partial charge >= 0.3 is 0 Å². The lowest BCUT2D eigenvalue weighted by Gasteiger charge is -2.06. The number of rotatable bonds is 6. The van der Waals surface area contributed by atoms with Gasteiger partial charge in [0.05, 0.1) is 11.1 Å². The average Bonchev–Trinajstić information content (AvgIpc) is 3.11. The third kappa shape index (κ3) is 4.23. The van der Waals surface area contributed by atoms with Crippen molar-refractivity contribution in [1.82, 2.24) is 15.6 Å². The first-order valence-corrected chi connectivity index (χ1v) is 9.70. The van der Waals surface area contributed by atoms with Crippen LogP contribution < -0.4 is 16.0 Å². The van der Waals surface area contributed by atoms with Crippen molar-refractivity contribution in [3.05, 3.63) is 51.8 Å². The number of carbonyl (C=O) groups excluding carboxylic acids is 3. The van der Waals surface area contributed by atoms with E-state index in [0.29, 0.717) is 30.6 Å². The van der Waals surface area contributed by atoms with Gasteiger partial charge in [-0.25, -0.2) is 0 Å². The molecule has 7 heteroatoms. The van der Waals surface area contributed by atoms with E-state index in [9.17, 15) is 14.4 Å². The highest BCUT2D eigenvalue weighted by atomic mass is 16.2. The van der Waals surface area contributed by atoms with E-state index in [1.54, 1.807) is 6.08 Å². The highest BCUT2D eigenvalue weighted by Crippen LogP contribution is 2.34. The number of aromatic nitrogens is 1. The molecule has 2 heterocycles. The number of carbonyl (C=O) groups is 3. The van der Waals surface area contributed by atoms with Crippen molar-refractivity contribution in [2.24, 2.45) is 0 Å². The van der Waals surface area contributed by atoms with Gasteiger partial charge in [0.15, 0.2) is 0 Å². The number of aryl methyl sites for hydroxylation is 1. The molecule has 1 aliphatic heterocycles. The van der Waals surface area contributed by atoms with Gasteiger partial charge in [0.1, 0.15) is 0 Å². The van der Waals surface area contributed by atoms with Gasteiger partial charge < -0.3 is 20.9 Å². The lowest BCUT2D eigenvalue weighted by atomic mass is 10.0. The number of benzene rings is 1. The number of hydrogen-bond donors (Lipinski definition) is 4. The van der Waals surface area contributed by atoms with Crippen LogP contribution in [0.1, 0.15) is 52.3 Å². The van der Waals surface area contributed by atoms with Gasteiger partial charge in [0.2, 0.25) is 5.91 Å². The average molecular weight is 394 g/mol. The number of nitrogens with one attached hydrogen (secondary N) is 4. The standard InChI is InChI=1S/C22H26N4O3/c1-5-23-22(29)20-12(2)19(25-13(20)3)11-17-16-10-15(8-9-24-14(4)27)6-7-18(16)26-21(17)28/h6-7,10-11,25H,5,8-9H2,1-4H3,(H,23,29)(H,24,27)(H,26,28)/b17-11-. The Balaban J connectivity index is 1.94. The second-order valence-corrected chi connectivity index (χ2v) is 7.15. The maximum absolute atomic E-state index is 12.6. The van der Waals surface area contributed by atoms with Crippen molar-refractivity contribution in [1.29, 1.82) is 0 Å². The van der Waals surface area contributed by atoms with Gasteiger partial charge in [0, 0.05) is 42.7 Å². The predicted molar refractivity (Wildman–Crippen MR) is 114 cm³/mol. The number of fused-ring (bicyclic) bond motifs is 1. The third-order valence-corrected chi connectivity index (χ3v) is 4.98. The molecule has 1 aliphatic rings. The topological polar surface area (TPSA) is 103 Å². The van der Waals surface area contributed by atoms with Gasteiger partial charge in [0.25, 0.3) is 11.8 Å². The van der Waals surface area contributed by atoms with Crippen LogP contribution in [-0.4, -0.2) is 35.8 Å². The molecule has 0 spiro atoms. The van der Waals surface area contributed by atoms with E-state index < -0.39 is 0 Å². The van der Waals surface area contributed by atoms with Gasteiger partial charge in [-0.3, -0.25) is 14.4 Å². The van der Waals surface area contributed by atoms with Gasteiger partial charge in [-0.15, -0.1) is 0 Å². The molecule has 0 radical (unpaired) electrons. The summed E-state index contributed by atoms with van der Waals surface area (Å²) in [5.74, 6) is -0.366. The molecule has 0 aliphatic carbocycles. The molecule has 0 fully saturated rings. The van der Waals surface area contributed by atoms with Crippen LogP contribution in [0.5, 0.6) is 0 Å². The number of hydrogen-bond acceptors (Lipinski definition) is 3. The molecule has 152 valence electrons. The quantitative estimate of drug-likeness (QED) is 0.566. The first kappa shape index (κ1) is 20.4. The molecule has 0 saturated carbocycles. The number of anilines is 1. The molecule has 3 amide bonds. The van der Waals surface area contributed by atoms with Crippen molar-refractivity contribution >= 4 is 35.1 Å². The Morgan fingerprint density at radius 3 is 2.62 bits per heavy atom. The van der Waals surface area contributed by atoms with Crippen molar-refractivity contribution in [2.75, 3.05) is 18.4 Å². The van der Waals surface area contributed by atoms with E-state index in [-0.39, 0.29) is 17.7 Å². The summed E-state index contributed by atoms with van der Waals surface area (Å²) in [7, 11) is 0. The Hall–Kier alpha value is -3.35. The minimum absolute atomic E-state index is 0.0657. The van der Waals surface area contributed by atoms with Crippen LogP contribution in [0.4, 0.5) is 5.69 Å². The van der Waals surface area contributed by atoms with E-state index in [1.807, 2.05) is 39.0 Å². The van der Waals surface area contributed by atoms with Crippen LogP contribution in [0.2, 0.25) is 0 Å². The van der Waals surface area contributed by atoms with E-state index in [2.05, 4.69) is 20.9 Å². The molecule has 29 heavy (non-hydrogen) atoms. The number of amides is 3. The smallest absolute Gasteiger partial charge is 0.256 e. The zero-order valence-corrected chi connectivity index (χ0v) is 17.2. The minimum Gasteiger partial charge on any atom is -0.358 e. The van der Waals surface area contributed by atoms with Crippen LogP contribution in [0.3, 0.4) is 0 Å². The normalized spacial score (nSPS) is 13.9. The summed E-state index contributed by atoms with van der Waals surface area (Å²) >= 11 is 0. The molecule has 7 nitrogen and oxygen atoms in total. The van der Waals surface area contributed by atoms with Crippen LogP contribution in [0.25, 0.3) is 11.6 Å². The monoisotopic (exact) mass is 394 g/mol. The minimum atomic E-state index is -0.176. The summed E-state index contributed by atoms with van der Waals surface area (Å²) < 4.78 is 0. The molecule has 0 unspecified atom stereocenters. The molecule has 0 atom stereocenters. The van der Waals surface area contributed by atoms with Crippen LogP contribution in [0, 0.1) is 13.8 Å². The second-order valence-electron chi connectivity index (χ2n) is 7.15. The van der Waals surface area contributed by atoms with Gasteiger partial charge in [-0.2, -0.15) is 0 Å². The fourth-order valence-electron chi connectivity index (χ4n) is 3.57. The van der Waals surface area contributed by atoms with Crippen molar-refractivity contribution in [3.8, 4) is 0 Å². The predicted octanol–water partition coefficient (Wildman–Crippen LogP) is 2.55.